The van der Waals surface area contributed by atoms with E-state index in [1.54, 1.807) is 12.1 Å². The van der Waals surface area contributed by atoms with Crippen molar-refractivity contribution in [1.29, 1.82) is 0 Å². The van der Waals surface area contributed by atoms with Crippen molar-refractivity contribution in [2.45, 2.75) is 43.7 Å². The third kappa shape index (κ3) is 3.25. The van der Waals surface area contributed by atoms with Crippen molar-refractivity contribution >= 4 is 23.2 Å². The standard InChI is InChI=1S/C21H22ClFN2O2/c1-27-20-11-19(24)18(22)10-17(20)21(26)25-15-6-7-16(25)9-13(8-15)12-2-4-14(23)5-3-12/h2-5,10-11,13,15-16H,6-9,24H2,1H3. The van der Waals surface area contributed by atoms with E-state index in [0.29, 0.717) is 27.9 Å². The lowest BCUT2D eigenvalue weighted by Gasteiger charge is -2.39. The average Bonchev–Trinajstić information content (AvgIpc) is 2.93. The second-order valence-electron chi connectivity index (χ2n) is 7.39. The molecule has 2 unspecified atom stereocenters. The molecule has 0 radical (unpaired) electrons. The van der Waals surface area contributed by atoms with Crippen LogP contribution in [0.5, 0.6) is 5.75 Å². The summed E-state index contributed by atoms with van der Waals surface area (Å²) in [6.07, 6.45) is 3.75. The van der Waals surface area contributed by atoms with Crippen LogP contribution < -0.4 is 10.5 Å². The zero-order valence-electron chi connectivity index (χ0n) is 15.1. The number of rotatable bonds is 3. The van der Waals surface area contributed by atoms with Crippen LogP contribution in [0, 0.1) is 5.82 Å². The Bertz CT molecular complexity index is 857. The summed E-state index contributed by atoms with van der Waals surface area (Å²) in [5, 5.41) is 0.354. The molecule has 2 bridgehead atoms. The molecular formula is C21H22ClFN2O2. The molecule has 27 heavy (non-hydrogen) atoms. The Morgan fingerprint density at radius 1 is 1.19 bits per heavy atom. The van der Waals surface area contributed by atoms with Crippen LogP contribution in [0.3, 0.4) is 0 Å². The van der Waals surface area contributed by atoms with Crippen LogP contribution in [0.15, 0.2) is 36.4 Å². The first-order chi connectivity index (χ1) is 13.0. The maximum atomic E-state index is 13.3. The molecule has 4 rings (SSSR count). The molecule has 142 valence electrons. The van der Waals surface area contributed by atoms with Crippen molar-refractivity contribution in [3.05, 3.63) is 58.4 Å². The molecule has 4 nitrogen and oxygen atoms in total. The molecule has 2 N–H and O–H groups in total. The summed E-state index contributed by atoms with van der Waals surface area (Å²) in [5.41, 5.74) is 7.83. The van der Waals surface area contributed by atoms with Gasteiger partial charge in [0.1, 0.15) is 11.6 Å². The summed E-state index contributed by atoms with van der Waals surface area (Å²) in [6, 6.07) is 10.3. The van der Waals surface area contributed by atoms with Gasteiger partial charge < -0.3 is 15.4 Å². The molecule has 0 saturated carbocycles. The number of nitrogen functional groups attached to an aromatic ring is 1. The number of methoxy groups -OCH3 is 1. The minimum absolute atomic E-state index is 0.0567. The number of hydrogen-bond donors (Lipinski definition) is 1. The number of halogens is 2. The van der Waals surface area contributed by atoms with Gasteiger partial charge in [0.2, 0.25) is 0 Å². The maximum Gasteiger partial charge on any atom is 0.258 e. The molecule has 1 amide bonds. The Morgan fingerprint density at radius 3 is 2.41 bits per heavy atom. The minimum atomic E-state index is -0.221. The number of carbonyl (C=O) groups excluding carboxylic acids is 1. The van der Waals surface area contributed by atoms with Crippen molar-refractivity contribution in [1.82, 2.24) is 4.90 Å². The van der Waals surface area contributed by atoms with Crippen LogP contribution >= 0.6 is 11.6 Å². The molecule has 6 heteroatoms. The molecule has 0 spiro atoms. The quantitative estimate of drug-likeness (QED) is 0.780. The summed E-state index contributed by atoms with van der Waals surface area (Å²) >= 11 is 6.15. The second-order valence-corrected chi connectivity index (χ2v) is 7.80. The highest BCUT2D eigenvalue weighted by Crippen LogP contribution is 2.44. The van der Waals surface area contributed by atoms with Crippen LogP contribution in [0.1, 0.15) is 47.5 Å². The fourth-order valence-corrected chi connectivity index (χ4v) is 4.72. The highest BCUT2D eigenvalue weighted by atomic mass is 35.5. The third-order valence-corrected chi connectivity index (χ3v) is 6.19. The monoisotopic (exact) mass is 388 g/mol. The number of nitrogens with two attached hydrogens (primary N) is 1. The lowest BCUT2D eigenvalue weighted by molar-refractivity contribution is 0.0568. The van der Waals surface area contributed by atoms with Crippen LogP contribution in [0.2, 0.25) is 5.02 Å². The Hall–Kier alpha value is -2.27. The molecule has 0 aromatic heterocycles. The fraction of sp³-hybridized carbons (Fsp3) is 0.381. The number of benzene rings is 2. The van der Waals surface area contributed by atoms with Gasteiger partial charge in [-0.1, -0.05) is 23.7 Å². The summed E-state index contributed by atoms with van der Waals surface area (Å²) < 4.78 is 18.6. The van der Waals surface area contributed by atoms with E-state index in [-0.39, 0.29) is 23.8 Å². The van der Waals surface area contributed by atoms with Crippen molar-refractivity contribution in [3.63, 3.8) is 0 Å². The maximum absolute atomic E-state index is 13.3. The van der Waals surface area contributed by atoms with E-state index in [1.807, 2.05) is 17.0 Å². The Labute approximate surface area is 163 Å². The van der Waals surface area contributed by atoms with E-state index in [0.717, 1.165) is 31.2 Å². The first-order valence-corrected chi connectivity index (χ1v) is 9.57. The number of ether oxygens (including phenoxy) is 1. The van der Waals surface area contributed by atoms with Gasteiger partial charge in [-0.05, 0) is 55.4 Å². The second kappa shape index (κ2) is 7.04. The van der Waals surface area contributed by atoms with E-state index < -0.39 is 0 Å². The van der Waals surface area contributed by atoms with E-state index in [2.05, 4.69) is 0 Å². The number of fused-ring (bicyclic) bond motifs is 2. The molecule has 2 heterocycles. The smallest absolute Gasteiger partial charge is 0.258 e. The molecule has 2 aliphatic rings. The summed E-state index contributed by atoms with van der Waals surface area (Å²) in [6.45, 7) is 0. The predicted octanol–water partition coefficient (Wildman–Crippen LogP) is 4.62. The van der Waals surface area contributed by atoms with Crippen molar-refractivity contribution in [2.75, 3.05) is 12.8 Å². The minimum Gasteiger partial charge on any atom is -0.496 e. The largest absolute Gasteiger partial charge is 0.496 e. The highest BCUT2D eigenvalue weighted by Gasteiger charge is 2.44. The number of piperidine rings is 1. The lowest BCUT2D eigenvalue weighted by Crippen LogP contribution is -2.46. The van der Waals surface area contributed by atoms with Gasteiger partial charge in [-0.15, -0.1) is 0 Å². The van der Waals surface area contributed by atoms with Crippen molar-refractivity contribution in [2.24, 2.45) is 0 Å². The highest BCUT2D eigenvalue weighted by molar-refractivity contribution is 6.33. The number of nitrogens with zero attached hydrogens (tertiary/aromatic N) is 1. The number of carbonyl (C=O) groups is 1. The Kier molecular flexibility index (Phi) is 4.72. The lowest BCUT2D eigenvalue weighted by atomic mass is 9.84. The molecule has 0 aliphatic carbocycles. The van der Waals surface area contributed by atoms with E-state index in [9.17, 15) is 9.18 Å². The summed E-state index contributed by atoms with van der Waals surface area (Å²) in [5.74, 6) is 0.520. The zero-order chi connectivity index (χ0) is 19.1. The fourth-order valence-electron chi connectivity index (χ4n) is 4.56. The van der Waals surface area contributed by atoms with Crippen LogP contribution in [-0.2, 0) is 0 Å². The van der Waals surface area contributed by atoms with Gasteiger partial charge in [-0.2, -0.15) is 0 Å². The van der Waals surface area contributed by atoms with E-state index in [1.165, 1.54) is 19.2 Å². The van der Waals surface area contributed by atoms with Crippen molar-refractivity contribution in [3.8, 4) is 5.75 Å². The molecule has 2 saturated heterocycles. The summed E-state index contributed by atoms with van der Waals surface area (Å²) in [4.78, 5) is 15.3. The SMILES string of the molecule is COc1cc(N)c(Cl)cc1C(=O)N1C2CCC1CC(c1ccc(F)cc1)C2. The van der Waals surface area contributed by atoms with Crippen LogP contribution in [-0.4, -0.2) is 30.0 Å². The van der Waals surface area contributed by atoms with Gasteiger partial charge in [0, 0.05) is 18.2 Å². The van der Waals surface area contributed by atoms with Crippen LogP contribution in [0.4, 0.5) is 10.1 Å². The molecule has 2 aromatic rings. The zero-order valence-corrected chi connectivity index (χ0v) is 15.9. The third-order valence-electron chi connectivity index (χ3n) is 5.86. The molecule has 2 atom stereocenters. The molecular weight excluding hydrogens is 367 g/mol. The predicted molar refractivity (Wildman–Crippen MR) is 104 cm³/mol. The van der Waals surface area contributed by atoms with Gasteiger partial charge in [0.05, 0.1) is 23.4 Å². The van der Waals surface area contributed by atoms with Gasteiger partial charge in [-0.3, -0.25) is 4.79 Å². The topological polar surface area (TPSA) is 55.6 Å². The van der Waals surface area contributed by atoms with Crippen molar-refractivity contribution < 1.29 is 13.9 Å². The Balaban J connectivity index is 1.59. The van der Waals surface area contributed by atoms with Gasteiger partial charge in [-0.25, -0.2) is 4.39 Å². The first-order valence-electron chi connectivity index (χ1n) is 9.19. The number of anilines is 1. The number of amides is 1. The van der Waals surface area contributed by atoms with Gasteiger partial charge in [0.25, 0.3) is 5.91 Å². The Morgan fingerprint density at radius 2 is 1.81 bits per heavy atom. The number of hydrogen-bond acceptors (Lipinski definition) is 3. The first kappa shape index (κ1) is 18.1. The average molecular weight is 389 g/mol. The van der Waals surface area contributed by atoms with Crippen LogP contribution in [0.25, 0.3) is 0 Å². The van der Waals surface area contributed by atoms with Gasteiger partial charge >= 0.3 is 0 Å². The van der Waals surface area contributed by atoms with E-state index in [4.69, 9.17) is 22.1 Å². The molecule has 2 aliphatic heterocycles. The molecule has 2 fully saturated rings. The van der Waals surface area contributed by atoms with Gasteiger partial charge in [0.15, 0.2) is 0 Å². The summed E-state index contributed by atoms with van der Waals surface area (Å²) in [7, 11) is 1.52. The normalized spacial score (nSPS) is 24.1. The molecule has 2 aromatic carbocycles. The van der Waals surface area contributed by atoms with E-state index >= 15 is 0 Å².